The quantitative estimate of drug-likeness (QED) is 0.103. The van der Waals surface area contributed by atoms with Crippen molar-refractivity contribution >= 4 is 28.0 Å². The molecule has 5 rings (SSSR count). The number of nitrogens with one attached hydrogen (secondary N) is 2. The highest BCUT2D eigenvalue weighted by atomic mass is 19.4. The molecule has 4 aromatic rings. The molecule has 8 nitrogen and oxygen atoms in total. The van der Waals surface area contributed by atoms with Crippen LogP contribution in [0.4, 0.5) is 17.6 Å². The van der Waals surface area contributed by atoms with Gasteiger partial charge in [-0.05, 0) is 40.5 Å². The number of morpholine rings is 1. The van der Waals surface area contributed by atoms with Crippen LogP contribution in [0.5, 0.6) is 5.88 Å². The standard InChI is InChI=1S/C32H31F4N5O3/c33-31-25-19-23(8-10-27(25)39-40-31)30(26(20-32(34,35)36)22-5-2-1-3-6-22)24-9-11-28(38-21-24)44-16-13-37-12-4-7-29(42)41-14-17-43-18-15-41/h1-11,19,21,37H,12-18,20H2,(H,39,40)/b7-4+,30-26-. The summed E-state index contributed by atoms with van der Waals surface area (Å²) in [6, 6.07) is 16.2. The molecule has 230 valence electrons. The number of H-pyrrole nitrogens is 1. The van der Waals surface area contributed by atoms with Gasteiger partial charge in [0.2, 0.25) is 17.7 Å². The van der Waals surface area contributed by atoms with Crippen LogP contribution in [0, 0.1) is 5.95 Å². The highest BCUT2D eigenvalue weighted by Crippen LogP contribution is 2.40. The zero-order valence-corrected chi connectivity index (χ0v) is 23.7. The van der Waals surface area contributed by atoms with E-state index in [2.05, 4.69) is 20.5 Å². The number of halogens is 4. The van der Waals surface area contributed by atoms with Gasteiger partial charge in [0.1, 0.15) is 6.61 Å². The average Bonchev–Trinajstić information content (AvgIpc) is 3.41. The molecule has 0 atom stereocenters. The Morgan fingerprint density at radius 1 is 1.05 bits per heavy atom. The van der Waals surface area contributed by atoms with Crippen molar-refractivity contribution in [1.82, 2.24) is 25.4 Å². The van der Waals surface area contributed by atoms with Gasteiger partial charge in [0.15, 0.2) is 0 Å². The van der Waals surface area contributed by atoms with Gasteiger partial charge in [0.05, 0.1) is 30.5 Å². The van der Waals surface area contributed by atoms with Crippen LogP contribution in [0.25, 0.3) is 22.0 Å². The lowest BCUT2D eigenvalue weighted by Gasteiger charge is -2.25. The van der Waals surface area contributed by atoms with Crippen LogP contribution < -0.4 is 10.1 Å². The molecule has 1 aliphatic rings. The van der Waals surface area contributed by atoms with Crippen molar-refractivity contribution in [3.05, 3.63) is 102 Å². The molecule has 0 saturated carbocycles. The number of allylic oxidation sites excluding steroid dienone is 1. The van der Waals surface area contributed by atoms with Crippen LogP contribution in [0.15, 0.2) is 79.0 Å². The average molecular weight is 610 g/mol. The second kappa shape index (κ2) is 14.3. The number of carbonyl (C=O) groups is 1. The van der Waals surface area contributed by atoms with Crippen LogP contribution >= 0.6 is 0 Å². The summed E-state index contributed by atoms with van der Waals surface area (Å²) in [6.07, 6.45) is -0.972. The smallest absolute Gasteiger partial charge is 0.393 e. The molecule has 12 heteroatoms. The van der Waals surface area contributed by atoms with Gasteiger partial charge in [0, 0.05) is 50.1 Å². The van der Waals surface area contributed by atoms with Gasteiger partial charge in [-0.2, -0.15) is 22.7 Å². The van der Waals surface area contributed by atoms with Gasteiger partial charge in [-0.15, -0.1) is 0 Å². The Balaban J connectivity index is 1.31. The maximum absolute atomic E-state index is 14.4. The first-order chi connectivity index (χ1) is 21.3. The molecule has 1 saturated heterocycles. The molecule has 1 fully saturated rings. The Labute approximate surface area is 251 Å². The number of alkyl halides is 3. The van der Waals surface area contributed by atoms with E-state index >= 15 is 0 Å². The first kappa shape index (κ1) is 30.9. The van der Waals surface area contributed by atoms with E-state index in [4.69, 9.17) is 9.47 Å². The van der Waals surface area contributed by atoms with E-state index in [0.29, 0.717) is 67.5 Å². The monoisotopic (exact) mass is 609 g/mol. The van der Waals surface area contributed by atoms with E-state index in [1.807, 2.05) is 0 Å². The fourth-order valence-corrected chi connectivity index (χ4v) is 4.90. The number of hydrogen-bond acceptors (Lipinski definition) is 6. The van der Waals surface area contributed by atoms with Crippen molar-refractivity contribution in [2.75, 3.05) is 46.0 Å². The second-order valence-electron chi connectivity index (χ2n) is 10.1. The molecule has 3 heterocycles. The van der Waals surface area contributed by atoms with Crippen molar-refractivity contribution in [3.8, 4) is 5.88 Å². The molecule has 0 unspecified atom stereocenters. The number of amides is 1. The number of benzene rings is 2. The zero-order chi connectivity index (χ0) is 30.9. The van der Waals surface area contributed by atoms with Gasteiger partial charge in [-0.3, -0.25) is 9.89 Å². The van der Waals surface area contributed by atoms with Crippen molar-refractivity contribution in [3.63, 3.8) is 0 Å². The molecule has 0 aliphatic carbocycles. The number of carbonyl (C=O) groups excluding carboxylic acids is 1. The Morgan fingerprint density at radius 2 is 1.82 bits per heavy atom. The molecule has 1 aliphatic heterocycles. The van der Waals surface area contributed by atoms with Crippen LogP contribution in [0.3, 0.4) is 0 Å². The number of ether oxygens (including phenoxy) is 2. The van der Waals surface area contributed by atoms with Crippen molar-refractivity contribution in [2.45, 2.75) is 12.6 Å². The van der Waals surface area contributed by atoms with Gasteiger partial charge in [-0.25, -0.2) is 4.98 Å². The summed E-state index contributed by atoms with van der Waals surface area (Å²) in [5.74, 6) is -0.432. The molecule has 44 heavy (non-hydrogen) atoms. The van der Waals surface area contributed by atoms with Gasteiger partial charge in [-0.1, -0.05) is 42.5 Å². The van der Waals surface area contributed by atoms with Crippen molar-refractivity contribution < 1.29 is 31.8 Å². The van der Waals surface area contributed by atoms with Crippen LogP contribution in [-0.2, 0) is 9.53 Å². The highest BCUT2D eigenvalue weighted by molar-refractivity contribution is 6.00. The lowest BCUT2D eigenvalue weighted by atomic mass is 9.88. The van der Waals surface area contributed by atoms with E-state index in [9.17, 15) is 22.4 Å². The van der Waals surface area contributed by atoms with Crippen LogP contribution in [0.1, 0.15) is 23.1 Å². The summed E-state index contributed by atoms with van der Waals surface area (Å²) in [7, 11) is 0. The van der Waals surface area contributed by atoms with E-state index in [0.717, 1.165) is 0 Å². The molecule has 0 radical (unpaired) electrons. The minimum Gasteiger partial charge on any atom is -0.476 e. The molecule has 0 spiro atoms. The molecular weight excluding hydrogens is 578 g/mol. The molecule has 1 amide bonds. The predicted molar refractivity (Wildman–Crippen MR) is 158 cm³/mol. The summed E-state index contributed by atoms with van der Waals surface area (Å²) in [5, 5.41) is 9.48. The fraction of sp³-hybridized carbons (Fsp3) is 0.281. The second-order valence-corrected chi connectivity index (χ2v) is 10.1. The third kappa shape index (κ3) is 8.08. The normalized spacial score (nSPS) is 14.7. The minimum atomic E-state index is -4.50. The van der Waals surface area contributed by atoms with E-state index in [1.165, 1.54) is 18.3 Å². The Bertz CT molecular complexity index is 1610. The van der Waals surface area contributed by atoms with E-state index < -0.39 is 18.5 Å². The maximum Gasteiger partial charge on any atom is 0.393 e. The summed E-state index contributed by atoms with van der Waals surface area (Å²) >= 11 is 0. The Morgan fingerprint density at radius 3 is 2.55 bits per heavy atom. The largest absolute Gasteiger partial charge is 0.476 e. The molecule has 0 bridgehead atoms. The van der Waals surface area contributed by atoms with Gasteiger partial charge >= 0.3 is 6.18 Å². The molecule has 2 N–H and O–H groups in total. The number of aromatic amines is 1. The topological polar surface area (TPSA) is 92.4 Å². The highest BCUT2D eigenvalue weighted by Gasteiger charge is 2.32. The van der Waals surface area contributed by atoms with E-state index in [-0.39, 0.29) is 29.0 Å². The number of fused-ring (bicyclic) bond motifs is 1. The lowest BCUT2D eigenvalue weighted by molar-refractivity contribution is -0.130. The fourth-order valence-electron chi connectivity index (χ4n) is 4.90. The third-order valence-corrected chi connectivity index (χ3v) is 7.00. The third-order valence-electron chi connectivity index (χ3n) is 7.00. The minimum absolute atomic E-state index is 0.0289. The van der Waals surface area contributed by atoms with E-state index in [1.54, 1.807) is 65.6 Å². The number of rotatable bonds is 11. The zero-order valence-electron chi connectivity index (χ0n) is 23.7. The lowest BCUT2D eigenvalue weighted by Crippen LogP contribution is -2.39. The number of hydrogen-bond donors (Lipinski definition) is 2. The van der Waals surface area contributed by atoms with Crippen LogP contribution in [0.2, 0.25) is 0 Å². The maximum atomic E-state index is 14.4. The summed E-state index contributed by atoms with van der Waals surface area (Å²) < 4.78 is 67.1. The molecule has 2 aromatic carbocycles. The predicted octanol–water partition coefficient (Wildman–Crippen LogP) is 5.39. The number of aromatic nitrogens is 3. The number of nitrogens with zero attached hydrogens (tertiary/aromatic N) is 3. The van der Waals surface area contributed by atoms with Crippen molar-refractivity contribution in [2.24, 2.45) is 0 Å². The summed E-state index contributed by atoms with van der Waals surface area (Å²) in [5.41, 5.74) is 1.85. The molecular formula is C32H31F4N5O3. The van der Waals surface area contributed by atoms with Gasteiger partial charge in [0.25, 0.3) is 0 Å². The van der Waals surface area contributed by atoms with Crippen molar-refractivity contribution in [1.29, 1.82) is 0 Å². The first-order valence-corrected chi connectivity index (χ1v) is 14.1. The Hall–Kier alpha value is -4.55. The number of pyridine rings is 1. The molecule has 2 aromatic heterocycles. The first-order valence-electron chi connectivity index (χ1n) is 14.1. The summed E-state index contributed by atoms with van der Waals surface area (Å²) in [4.78, 5) is 18.2. The summed E-state index contributed by atoms with van der Waals surface area (Å²) in [6.45, 7) is 3.49. The van der Waals surface area contributed by atoms with Crippen LogP contribution in [-0.4, -0.2) is 78.2 Å². The van der Waals surface area contributed by atoms with Gasteiger partial charge < -0.3 is 19.7 Å². The Kier molecular flexibility index (Phi) is 10.0. The SMILES string of the molecule is O=C(/C=C/CNCCOc1ccc(/C(=C(/CC(F)(F)F)c2ccccc2)c2ccc3n[nH]c(F)c3c2)cn1)N1CCOCC1.